The Hall–Kier alpha value is -0.860. The summed E-state index contributed by atoms with van der Waals surface area (Å²) in [5, 5.41) is 3.45. The van der Waals surface area contributed by atoms with Crippen LogP contribution in [-0.4, -0.2) is 19.8 Å². The highest BCUT2D eigenvalue weighted by Crippen LogP contribution is 2.41. The van der Waals surface area contributed by atoms with Gasteiger partial charge < -0.3 is 10.1 Å². The smallest absolute Gasteiger partial charge is 0.0697 e. The third-order valence-corrected chi connectivity index (χ3v) is 4.80. The molecule has 0 bridgehead atoms. The summed E-state index contributed by atoms with van der Waals surface area (Å²) in [4.78, 5) is 0. The molecule has 112 valence electrons. The van der Waals surface area contributed by atoms with E-state index in [1.165, 1.54) is 30.4 Å². The van der Waals surface area contributed by atoms with Gasteiger partial charge in [-0.25, -0.2) is 0 Å². The van der Waals surface area contributed by atoms with E-state index >= 15 is 0 Å². The summed E-state index contributed by atoms with van der Waals surface area (Å²) in [6.07, 6.45) is 4.76. The topological polar surface area (TPSA) is 21.3 Å². The lowest BCUT2D eigenvalue weighted by Crippen LogP contribution is -2.42. The van der Waals surface area contributed by atoms with E-state index in [1.807, 2.05) is 14.2 Å². The lowest BCUT2D eigenvalue weighted by molar-refractivity contribution is -0.0834. The molecule has 0 heterocycles. The average Bonchev–Trinajstić information content (AvgIpc) is 2.38. The summed E-state index contributed by atoms with van der Waals surface area (Å²) in [5.74, 6) is 0. The summed E-state index contributed by atoms with van der Waals surface area (Å²) < 4.78 is 5.77. The lowest BCUT2D eigenvalue weighted by Gasteiger charge is -2.43. The molecule has 2 heteroatoms. The Morgan fingerprint density at radius 1 is 1.20 bits per heavy atom. The zero-order chi connectivity index (χ0) is 14.8. The van der Waals surface area contributed by atoms with Gasteiger partial charge in [-0.1, -0.05) is 45.0 Å². The van der Waals surface area contributed by atoms with Crippen molar-refractivity contribution in [1.82, 2.24) is 5.32 Å². The number of benzene rings is 1. The van der Waals surface area contributed by atoms with Crippen molar-refractivity contribution in [1.29, 1.82) is 0 Å². The molecule has 1 aliphatic carbocycles. The molecule has 2 nitrogen and oxygen atoms in total. The van der Waals surface area contributed by atoms with Crippen molar-refractivity contribution in [2.24, 2.45) is 0 Å². The Balaban J connectivity index is 2.11. The molecule has 1 aliphatic rings. The Kier molecular flexibility index (Phi) is 4.55. The Labute approximate surface area is 123 Å². The van der Waals surface area contributed by atoms with Gasteiger partial charge in [0.2, 0.25) is 0 Å². The Morgan fingerprint density at radius 3 is 2.15 bits per heavy atom. The second-order valence-corrected chi connectivity index (χ2v) is 7.16. The van der Waals surface area contributed by atoms with Gasteiger partial charge in [0.25, 0.3) is 0 Å². The van der Waals surface area contributed by atoms with Crippen molar-refractivity contribution in [3.8, 4) is 0 Å². The van der Waals surface area contributed by atoms with Crippen LogP contribution in [-0.2, 0) is 10.2 Å². The molecular weight excluding hydrogens is 246 g/mol. The highest BCUT2D eigenvalue weighted by Gasteiger charge is 2.39. The highest BCUT2D eigenvalue weighted by molar-refractivity contribution is 5.29. The zero-order valence-corrected chi connectivity index (χ0v) is 13.6. The van der Waals surface area contributed by atoms with Crippen LogP contribution in [0, 0.1) is 0 Å². The second kappa shape index (κ2) is 5.87. The van der Waals surface area contributed by atoms with Gasteiger partial charge >= 0.3 is 0 Å². The van der Waals surface area contributed by atoms with Gasteiger partial charge in [0.05, 0.1) is 5.60 Å². The molecule has 1 aromatic rings. The number of nitrogens with one attached hydrogen (secondary N) is 1. The zero-order valence-electron chi connectivity index (χ0n) is 13.6. The number of hydrogen-bond acceptors (Lipinski definition) is 2. The number of hydrogen-bond donors (Lipinski definition) is 1. The maximum atomic E-state index is 5.77. The summed E-state index contributed by atoms with van der Waals surface area (Å²) in [6, 6.07) is 9.44. The van der Waals surface area contributed by atoms with Gasteiger partial charge in [0, 0.05) is 13.2 Å². The van der Waals surface area contributed by atoms with Gasteiger partial charge in [-0.15, -0.1) is 0 Å². The van der Waals surface area contributed by atoms with Gasteiger partial charge in [-0.2, -0.15) is 0 Å². The van der Waals surface area contributed by atoms with E-state index in [4.69, 9.17) is 4.74 Å². The molecule has 1 aromatic carbocycles. The lowest BCUT2D eigenvalue weighted by atomic mass is 9.74. The van der Waals surface area contributed by atoms with Gasteiger partial charge in [-0.05, 0) is 49.3 Å². The quantitative estimate of drug-likeness (QED) is 0.869. The summed E-state index contributed by atoms with van der Waals surface area (Å²) in [6.45, 7) is 6.77. The molecule has 1 saturated carbocycles. The maximum Gasteiger partial charge on any atom is 0.0697 e. The van der Waals surface area contributed by atoms with Crippen molar-refractivity contribution in [3.63, 3.8) is 0 Å². The molecule has 0 aliphatic heterocycles. The fourth-order valence-corrected chi connectivity index (χ4v) is 3.04. The van der Waals surface area contributed by atoms with Crippen molar-refractivity contribution in [2.45, 2.75) is 63.5 Å². The predicted molar refractivity (Wildman–Crippen MR) is 85.2 cm³/mol. The third kappa shape index (κ3) is 3.24. The average molecular weight is 275 g/mol. The van der Waals surface area contributed by atoms with Gasteiger partial charge in [0.1, 0.15) is 0 Å². The molecule has 1 unspecified atom stereocenters. The molecule has 20 heavy (non-hydrogen) atoms. The largest absolute Gasteiger partial charge is 0.378 e. The second-order valence-electron chi connectivity index (χ2n) is 7.16. The predicted octanol–water partition coefficient (Wildman–Crippen LogP) is 4.20. The van der Waals surface area contributed by atoms with Crippen LogP contribution in [0.2, 0.25) is 0 Å². The van der Waals surface area contributed by atoms with E-state index in [0.29, 0.717) is 6.04 Å². The molecule has 1 N–H and O–H groups in total. The van der Waals surface area contributed by atoms with E-state index in [9.17, 15) is 0 Å². The van der Waals surface area contributed by atoms with E-state index in [-0.39, 0.29) is 11.0 Å². The van der Waals surface area contributed by atoms with Crippen molar-refractivity contribution < 1.29 is 4.74 Å². The van der Waals surface area contributed by atoms with Crippen molar-refractivity contribution >= 4 is 0 Å². The van der Waals surface area contributed by atoms with E-state index in [1.54, 1.807) is 0 Å². The minimum Gasteiger partial charge on any atom is -0.378 e. The summed E-state index contributed by atoms with van der Waals surface area (Å²) in [7, 11) is 3.90. The van der Waals surface area contributed by atoms with Crippen LogP contribution in [0.15, 0.2) is 24.3 Å². The molecule has 0 amide bonds. The van der Waals surface area contributed by atoms with Crippen molar-refractivity contribution in [3.05, 3.63) is 35.4 Å². The van der Waals surface area contributed by atoms with Crippen LogP contribution in [0.25, 0.3) is 0 Å². The molecule has 0 saturated heterocycles. The van der Waals surface area contributed by atoms with Crippen LogP contribution in [0.5, 0.6) is 0 Å². The molecule has 0 radical (unpaired) electrons. The summed E-state index contributed by atoms with van der Waals surface area (Å²) in [5.41, 5.74) is 3.08. The van der Waals surface area contributed by atoms with E-state index in [0.717, 1.165) is 6.42 Å². The minimum atomic E-state index is 0.108. The fourth-order valence-electron chi connectivity index (χ4n) is 3.04. The van der Waals surface area contributed by atoms with E-state index < -0.39 is 0 Å². The highest BCUT2D eigenvalue weighted by atomic mass is 16.5. The monoisotopic (exact) mass is 275 g/mol. The summed E-state index contributed by atoms with van der Waals surface area (Å²) >= 11 is 0. The van der Waals surface area contributed by atoms with Gasteiger partial charge in [-0.3, -0.25) is 0 Å². The molecule has 0 spiro atoms. The first kappa shape index (κ1) is 15.5. The normalized spacial score (nSPS) is 19.4. The number of methoxy groups -OCH3 is 1. The molecule has 0 aromatic heterocycles. The third-order valence-electron chi connectivity index (χ3n) is 4.80. The first-order chi connectivity index (χ1) is 9.40. The van der Waals surface area contributed by atoms with Crippen LogP contribution >= 0.6 is 0 Å². The van der Waals surface area contributed by atoms with Crippen LogP contribution in [0.3, 0.4) is 0 Å². The molecule has 2 rings (SSSR count). The molecule has 1 fully saturated rings. The van der Waals surface area contributed by atoms with Gasteiger partial charge in [0.15, 0.2) is 0 Å². The molecule has 1 atom stereocenters. The van der Waals surface area contributed by atoms with E-state index in [2.05, 4.69) is 50.4 Å². The van der Waals surface area contributed by atoms with Crippen LogP contribution in [0.1, 0.15) is 63.6 Å². The maximum absolute atomic E-state index is 5.77. The van der Waals surface area contributed by atoms with Crippen LogP contribution in [0.4, 0.5) is 0 Å². The minimum absolute atomic E-state index is 0.108. The fraction of sp³-hybridized carbons (Fsp3) is 0.667. The Morgan fingerprint density at radius 2 is 1.80 bits per heavy atom. The first-order valence-corrected chi connectivity index (χ1v) is 7.73. The number of ether oxygens (including phenoxy) is 1. The number of rotatable bonds is 5. The Bertz CT molecular complexity index is 420. The standard InChI is InChI=1S/C18H29NO/c1-17(2,3)15-9-7-14(8-10-15)16(19-4)13-18(20-5)11-6-12-18/h7-10,16,19H,6,11-13H2,1-5H3. The molecular formula is C18H29NO. The SMILES string of the molecule is CNC(CC1(OC)CCC1)c1ccc(C(C)(C)C)cc1. The first-order valence-electron chi connectivity index (χ1n) is 7.73. The van der Waals surface area contributed by atoms with Crippen molar-refractivity contribution in [2.75, 3.05) is 14.2 Å². The van der Waals surface area contributed by atoms with Crippen LogP contribution < -0.4 is 5.32 Å².